The molecule has 0 radical (unpaired) electrons. The van der Waals surface area contributed by atoms with Crippen LogP contribution in [0.25, 0.3) is 0 Å². The quantitative estimate of drug-likeness (QED) is 0.425. The summed E-state index contributed by atoms with van der Waals surface area (Å²) in [6.45, 7) is 0. The molecule has 0 unspecified atom stereocenters. The van der Waals surface area contributed by atoms with Gasteiger partial charge in [0.15, 0.2) is 0 Å². The van der Waals surface area contributed by atoms with E-state index in [1.54, 1.807) is 0 Å². The van der Waals surface area contributed by atoms with Gasteiger partial charge in [0.1, 0.15) is 0 Å². The average molecular weight is 248 g/mol. The van der Waals surface area contributed by atoms with Gasteiger partial charge < -0.3 is 0 Å². The highest BCUT2D eigenvalue weighted by molar-refractivity contribution is 4.92. The van der Waals surface area contributed by atoms with Crippen molar-refractivity contribution in [2.75, 3.05) is 0 Å². The molecule has 0 N–H and O–H groups in total. The molecule has 0 bridgehead atoms. The predicted molar refractivity (Wildman–Crippen MR) is 82.9 cm³/mol. The van der Waals surface area contributed by atoms with E-state index >= 15 is 0 Å². The molecule has 18 heavy (non-hydrogen) atoms. The fourth-order valence-electron chi connectivity index (χ4n) is 2.62. The molecule has 0 aromatic rings. The predicted octanol–water partition coefficient (Wildman–Crippen LogP) is 6.57. The zero-order valence-electron chi connectivity index (χ0n) is 12.2. The Morgan fingerprint density at radius 2 is 0.667 bits per heavy atom. The van der Waals surface area contributed by atoms with Crippen LogP contribution in [0, 0.1) is 0 Å². The SMILES string of the molecule is C1=C\CCCCCCCCCCCCC/C=C\C/1. The lowest BCUT2D eigenvalue weighted by molar-refractivity contribution is 0.547. The summed E-state index contributed by atoms with van der Waals surface area (Å²) in [5, 5.41) is 0. The van der Waals surface area contributed by atoms with Gasteiger partial charge in [-0.05, 0) is 32.1 Å². The Labute approximate surface area is 115 Å². The highest BCUT2D eigenvalue weighted by Gasteiger charge is 1.93. The van der Waals surface area contributed by atoms with Crippen LogP contribution in [0.2, 0.25) is 0 Å². The minimum atomic E-state index is 1.14. The highest BCUT2D eigenvalue weighted by atomic mass is 14.0. The van der Waals surface area contributed by atoms with E-state index in [0.29, 0.717) is 0 Å². The van der Waals surface area contributed by atoms with Crippen molar-refractivity contribution in [2.24, 2.45) is 0 Å². The van der Waals surface area contributed by atoms with Gasteiger partial charge in [0.05, 0.1) is 0 Å². The van der Waals surface area contributed by atoms with Gasteiger partial charge in [-0.1, -0.05) is 82.1 Å². The van der Waals surface area contributed by atoms with Gasteiger partial charge in [-0.25, -0.2) is 0 Å². The lowest BCUT2D eigenvalue weighted by Crippen LogP contribution is -1.82. The number of hydrogen-bond donors (Lipinski definition) is 0. The second kappa shape index (κ2) is 12.9. The molecule has 104 valence electrons. The molecule has 0 heteroatoms. The lowest BCUT2D eigenvalue weighted by Gasteiger charge is -2.02. The molecule has 1 rings (SSSR count). The lowest BCUT2D eigenvalue weighted by atomic mass is 10.0. The molecule has 0 nitrogen and oxygen atoms in total. The zero-order valence-corrected chi connectivity index (χ0v) is 12.2. The maximum absolute atomic E-state index is 2.37. The second-order valence-electron chi connectivity index (χ2n) is 5.64. The third kappa shape index (κ3) is 10.6. The largest absolute Gasteiger partial charge is 0.0882 e. The van der Waals surface area contributed by atoms with Crippen LogP contribution in [-0.2, 0) is 0 Å². The van der Waals surface area contributed by atoms with Crippen LogP contribution in [0.5, 0.6) is 0 Å². The summed E-state index contributed by atoms with van der Waals surface area (Å²) in [7, 11) is 0. The first-order valence-corrected chi connectivity index (χ1v) is 8.30. The monoisotopic (exact) mass is 248 g/mol. The van der Waals surface area contributed by atoms with Crippen molar-refractivity contribution in [1.82, 2.24) is 0 Å². The minimum Gasteiger partial charge on any atom is -0.0882 e. The summed E-state index contributed by atoms with van der Waals surface area (Å²) in [5.41, 5.74) is 0. The van der Waals surface area contributed by atoms with Gasteiger partial charge in [0.25, 0.3) is 0 Å². The number of allylic oxidation sites excluding steroid dienone is 4. The normalized spacial score (nSPS) is 25.8. The van der Waals surface area contributed by atoms with E-state index < -0.39 is 0 Å². The number of hydrogen-bond acceptors (Lipinski definition) is 0. The van der Waals surface area contributed by atoms with E-state index in [1.165, 1.54) is 83.5 Å². The molecule has 0 aromatic heterocycles. The Hall–Kier alpha value is -0.520. The van der Waals surface area contributed by atoms with E-state index in [-0.39, 0.29) is 0 Å². The molecule has 0 atom stereocenters. The van der Waals surface area contributed by atoms with E-state index in [0.717, 1.165) is 6.42 Å². The first kappa shape index (κ1) is 15.5. The van der Waals surface area contributed by atoms with Crippen molar-refractivity contribution in [3.63, 3.8) is 0 Å². The topological polar surface area (TPSA) is 0 Å². The Morgan fingerprint density at radius 3 is 1.06 bits per heavy atom. The standard InChI is InChI=1S/C18H32/c1-2-4-6-8-10-12-14-16-18-17-15-13-11-9-7-5-3-1/h1-2,5,7H,3-4,6,8-18H2/b2-1-,7-5-. The molecule has 0 aromatic carbocycles. The van der Waals surface area contributed by atoms with Gasteiger partial charge in [-0.3, -0.25) is 0 Å². The van der Waals surface area contributed by atoms with Crippen molar-refractivity contribution < 1.29 is 0 Å². The van der Waals surface area contributed by atoms with Crippen LogP contribution in [0.4, 0.5) is 0 Å². The van der Waals surface area contributed by atoms with Crippen LogP contribution >= 0.6 is 0 Å². The molecular formula is C18H32. The Morgan fingerprint density at radius 1 is 0.333 bits per heavy atom. The van der Waals surface area contributed by atoms with Crippen LogP contribution < -0.4 is 0 Å². The van der Waals surface area contributed by atoms with E-state index in [2.05, 4.69) is 24.3 Å². The first-order valence-electron chi connectivity index (χ1n) is 8.30. The van der Waals surface area contributed by atoms with Crippen molar-refractivity contribution in [1.29, 1.82) is 0 Å². The van der Waals surface area contributed by atoms with E-state index in [4.69, 9.17) is 0 Å². The van der Waals surface area contributed by atoms with Gasteiger partial charge in [-0.2, -0.15) is 0 Å². The summed E-state index contributed by atoms with van der Waals surface area (Å²) in [4.78, 5) is 0. The van der Waals surface area contributed by atoms with Gasteiger partial charge in [0, 0.05) is 0 Å². The molecule has 0 saturated carbocycles. The molecule has 0 saturated heterocycles. The minimum absolute atomic E-state index is 1.14. The Bertz CT molecular complexity index is 190. The fourth-order valence-corrected chi connectivity index (χ4v) is 2.62. The van der Waals surface area contributed by atoms with Crippen molar-refractivity contribution >= 4 is 0 Å². The summed E-state index contributed by atoms with van der Waals surface area (Å²) in [6, 6.07) is 0. The molecule has 0 heterocycles. The van der Waals surface area contributed by atoms with Gasteiger partial charge in [0.2, 0.25) is 0 Å². The third-order valence-electron chi connectivity index (χ3n) is 3.85. The molecule has 0 spiro atoms. The van der Waals surface area contributed by atoms with Crippen LogP contribution in [0.15, 0.2) is 24.3 Å². The summed E-state index contributed by atoms with van der Waals surface area (Å²) in [5.74, 6) is 0. The third-order valence-corrected chi connectivity index (χ3v) is 3.85. The van der Waals surface area contributed by atoms with Crippen LogP contribution in [0.1, 0.15) is 89.9 Å². The molecule has 0 aliphatic heterocycles. The Kier molecular flexibility index (Phi) is 11.2. The molecule has 1 aliphatic carbocycles. The van der Waals surface area contributed by atoms with Crippen LogP contribution in [0.3, 0.4) is 0 Å². The van der Waals surface area contributed by atoms with Crippen molar-refractivity contribution in [3.8, 4) is 0 Å². The maximum Gasteiger partial charge on any atom is -0.0169 e. The smallest absolute Gasteiger partial charge is 0.0169 e. The molecule has 0 fully saturated rings. The summed E-state index contributed by atoms with van der Waals surface area (Å²) >= 11 is 0. The Balaban J connectivity index is 2.13. The molecule has 1 aliphatic rings. The molecular weight excluding hydrogens is 216 g/mol. The fraction of sp³-hybridized carbons (Fsp3) is 0.778. The zero-order chi connectivity index (χ0) is 12.7. The molecule has 0 amide bonds. The highest BCUT2D eigenvalue weighted by Crippen LogP contribution is 2.13. The van der Waals surface area contributed by atoms with Crippen molar-refractivity contribution in [2.45, 2.75) is 89.9 Å². The van der Waals surface area contributed by atoms with Crippen molar-refractivity contribution in [3.05, 3.63) is 24.3 Å². The van der Waals surface area contributed by atoms with Crippen LogP contribution in [-0.4, -0.2) is 0 Å². The average Bonchev–Trinajstić information content (AvgIpc) is 2.39. The summed E-state index contributed by atoms with van der Waals surface area (Å²) < 4.78 is 0. The van der Waals surface area contributed by atoms with E-state index in [9.17, 15) is 0 Å². The second-order valence-corrected chi connectivity index (χ2v) is 5.64. The van der Waals surface area contributed by atoms with E-state index in [1.807, 2.05) is 0 Å². The van der Waals surface area contributed by atoms with Gasteiger partial charge >= 0.3 is 0 Å². The summed E-state index contributed by atoms with van der Waals surface area (Å²) in [6.07, 6.45) is 29.0. The van der Waals surface area contributed by atoms with Gasteiger partial charge in [-0.15, -0.1) is 0 Å². The maximum atomic E-state index is 2.37. The first-order chi connectivity index (χ1) is 9.00. The number of rotatable bonds is 0.